The highest BCUT2D eigenvalue weighted by Gasteiger charge is 2.20. The van der Waals surface area contributed by atoms with Gasteiger partial charge in [0.1, 0.15) is 0 Å². The number of carbonyl (C=O) groups excluding carboxylic acids is 1. The van der Waals surface area contributed by atoms with Gasteiger partial charge in [0.25, 0.3) is 5.91 Å². The fraction of sp³-hybridized carbons (Fsp3) is 0.667. The van der Waals surface area contributed by atoms with Crippen LogP contribution in [0, 0.1) is 0 Å². The molecule has 1 aromatic heterocycles. The Bertz CT molecular complexity index is 422. The van der Waals surface area contributed by atoms with E-state index in [0.29, 0.717) is 12.2 Å². The van der Waals surface area contributed by atoms with Crippen LogP contribution in [0.25, 0.3) is 0 Å². The van der Waals surface area contributed by atoms with Gasteiger partial charge in [0, 0.05) is 37.3 Å². The summed E-state index contributed by atoms with van der Waals surface area (Å²) < 4.78 is 0. The molecule has 1 aromatic rings. The van der Waals surface area contributed by atoms with Crippen LogP contribution in [0.1, 0.15) is 28.2 Å². The van der Waals surface area contributed by atoms with Crippen LogP contribution in [0.5, 0.6) is 0 Å². The Hall–Kier alpha value is -0.820. The van der Waals surface area contributed by atoms with E-state index in [1.165, 1.54) is 0 Å². The predicted octanol–water partition coefficient (Wildman–Crippen LogP) is 0.580. The average Bonchev–Trinajstić information content (AvgIpc) is 2.78. The van der Waals surface area contributed by atoms with Gasteiger partial charge in [0.2, 0.25) is 0 Å². The first-order chi connectivity index (χ1) is 8.68. The molecule has 1 aliphatic heterocycles. The molecule has 116 valence electrons. The van der Waals surface area contributed by atoms with Crippen LogP contribution in [0.4, 0.5) is 0 Å². The minimum atomic E-state index is -0.0741. The van der Waals surface area contributed by atoms with Gasteiger partial charge in [-0.1, -0.05) is 0 Å². The highest BCUT2D eigenvalue weighted by atomic mass is 35.5. The number of nitrogens with zero attached hydrogens (tertiary/aromatic N) is 2. The van der Waals surface area contributed by atoms with Crippen molar-refractivity contribution in [3.63, 3.8) is 0 Å². The molecule has 0 saturated heterocycles. The molecule has 6 nitrogen and oxygen atoms in total. The number of hydrogen-bond donors (Lipinski definition) is 3. The Morgan fingerprint density at radius 1 is 1.40 bits per heavy atom. The minimum absolute atomic E-state index is 0. The van der Waals surface area contributed by atoms with E-state index >= 15 is 0 Å². The van der Waals surface area contributed by atoms with Crippen LogP contribution < -0.4 is 10.6 Å². The lowest BCUT2D eigenvalue weighted by Crippen LogP contribution is -2.30. The second kappa shape index (κ2) is 9.18. The van der Waals surface area contributed by atoms with Crippen molar-refractivity contribution in [1.82, 2.24) is 25.7 Å². The Morgan fingerprint density at radius 3 is 2.85 bits per heavy atom. The maximum atomic E-state index is 12.0. The molecular formula is C12H23Cl2N5O. The molecule has 8 heteroatoms. The van der Waals surface area contributed by atoms with Gasteiger partial charge in [-0.05, 0) is 27.1 Å². The van der Waals surface area contributed by atoms with Gasteiger partial charge < -0.3 is 15.5 Å². The molecule has 0 radical (unpaired) electrons. The van der Waals surface area contributed by atoms with E-state index in [4.69, 9.17) is 0 Å². The van der Waals surface area contributed by atoms with Crippen LogP contribution in [-0.2, 0) is 13.0 Å². The van der Waals surface area contributed by atoms with Crippen molar-refractivity contribution in [3.05, 3.63) is 17.0 Å². The molecule has 0 aromatic carbocycles. The molecule has 0 atom stereocenters. The summed E-state index contributed by atoms with van der Waals surface area (Å²) in [6.45, 7) is 3.33. The maximum absolute atomic E-state index is 12.0. The standard InChI is InChI=1S/C12H21N5O.2ClH/c1-17(2)7-3-5-14-12(18)11-9-8-13-6-4-10(9)15-16-11;;/h13H,3-8H2,1-2H3,(H,14,18)(H,15,16);2*1H. The number of carbonyl (C=O) groups is 1. The topological polar surface area (TPSA) is 73.0 Å². The molecule has 0 unspecified atom stereocenters. The fourth-order valence-corrected chi connectivity index (χ4v) is 2.09. The van der Waals surface area contributed by atoms with Crippen LogP contribution in [0.15, 0.2) is 0 Å². The van der Waals surface area contributed by atoms with Crippen molar-refractivity contribution in [2.75, 3.05) is 33.7 Å². The quantitative estimate of drug-likeness (QED) is 0.693. The summed E-state index contributed by atoms with van der Waals surface area (Å²) in [5.41, 5.74) is 2.65. The second-order valence-electron chi connectivity index (χ2n) is 4.87. The number of hydrogen-bond acceptors (Lipinski definition) is 4. The zero-order valence-corrected chi connectivity index (χ0v) is 13.5. The van der Waals surface area contributed by atoms with Gasteiger partial charge in [-0.25, -0.2) is 0 Å². The zero-order valence-electron chi connectivity index (χ0n) is 11.9. The minimum Gasteiger partial charge on any atom is -0.351 e. The third-order valence-electron chi connectivity index (χ3n) is 3.09. The van der Waals surface area contributed by atoms with Gasteiger partial charge in [-0.3, -0.25) is 9.89 Å². The van der Waals surface area contributed by atoms with Crippen LogP contribution in [0.3, 0.4) is 0 Å². The number of nitrogens with one attached hydrogen (secondary N) is 3. The first kappa shape index (κ1) is 19.2. The number of halogens is 2. The molecule has 2 heterocycles. The molecule has 2 rings (SSSR count). The normalized spacial score (nSPS) is 13.2. The lowest BCUT2D eigenvalue weighted by Gasteiger charge is -2.13. The van der Waals surface area contributed by atoms with Gasteiger partial charge in [-0.2, -0.15) is 5.10 Å². The van der Waals surface area contributed by atoms with Crippen molar-refractivity contribution < 1.29 is 4.79 Å². The summed E-state index contributed by atoms with van der Waals surface area (Å²) in [6.07, 6.45) is 1.86. The number of fused-ring (bicyclic) bond motifs is 1. The third-order valence-corrected chi connectivity index (χ3v) is 3.09. The van der Waals surface area contributed by atoms with Crippen LogP contribution >= 0.6 is 24.8 Å². The average molecular weight is 324 g/mol. The highest BCUT2D eigenvalue weighted by Crippen LogP contribution is 2.14. The van der Waals surface area contributed by atoms with Crippen molar-refractivity contribution >= 4 is 30.7 Å². The number of aromatic amines is 1. The van der Waals surface area contributed by atoms with Crippen molar-refractivity contribution in [1.29, 1.82) is 0 Å². The van der Waals surface area contributed by atoms with Gasteiger partial charge in [0.05, 0.1) is 0 Å². The van der Waals surface area contributed by atoms with E-state index in [1.807, 2.05) is 14.1 Å². The summed E-state index contributed by atoms with van der Waals surface area (Å²) in [4.78, 5) is 14.1. The second-order valence-corrected chi connectivity index (χ2v) is 4.87. The van der Waals surface area contributed by atoms with Gasteiger partial charge >= 0.3 is 0 Å². The molecule has 0 aliphatic carbocycles. The largest absolute Gasteiger partial charge is 0.351 e. The highest BCUT2D eigenvalue weighted by molar-refractivity contribution is 5.94. The Balaban J connectivity index is 0.00000180. The summed E-state index contributed by atoms with van der Waals surface area (Å²) in [5, 5.41) is 13.3. The van der Waals surface area contributed by atoms with E-state index in [1.54, 1.807) is 0 Å². The Labute approximate surface area is 131 Å². The van der Waals surface area contributed by atoms with E-state index in [9.17, 15) is 4.79 Å². The number of amides is 1. The van der Waals surface area contributed by atoms with Crippen molar-refractivity contribution in [3.8, 4) is 0 Å². The smallest absolute Gasteiger partial charge is 0.272 e. The molecule has 0 spiro atoms. The zero-order chi connectivity index (χ0) is 13.0. The van der Waals surface area contributed by atoms with Gasteiger partial charge in [0.15, 0.2) is 5.69 Å². The third kappa shape index (κ3) is 4.94. The number of aromatic nitrogens is 2. The maximum Gasteiger partial charge on any atom is 0.272 e. The van der Waals surface area contributed by atoms with Crippen LogP contribution in [-0.4, -0.2) is 54.7 Å². The Kier molecular flexibility index (Phi) is 8.80. The molecule has 0 saturated carbocycles. The lowest BCUT2D eigenvalue weighted by atomic mass is 10.1. The monoisotopic (exact) mass is 323 g/mol. The summed E-state index contributed by atoms with van der Waals surface area (Å²) in [6, 6.07) is 0. The van der Waals surface area contributed by atoms with Crippen molar-refractivity contribution in [2.45, 2.75) is 19.4 Å². The van der Waals surface area contributed by atoms with E-state index in [0.717, 1.165) is 43.7 Å². The first-order valence-electron chi connectivity index (χ1n) is 6.38. The molecule has 0 fully saturated rings. The van der Waals surface area contributed by atoms with E-state index < -0.39 is 0 Å². The van der Waals surface area contributed by atoms with Crippen molar-refractivity contribution in [2.24, 2.45) is 0 Å². The fourth-order valence-electron chi connectivity index (χ4n) is 2.09. The van der Waals surface area contributed by atoms with Gasteiger partial charge in [-0.15, -0.1) is 24.8 Å². The number of rotatable bonds is 5. The Morgan fingerprint density at radius 2 is 2.15 bits per heavy atom. The molecule has 20 heavy (non-hydrogen) atoms. The SMILES string of the molecule is CN(C)CCCNC(=O)c1n[nH]c2c1CNCC2.Cl.Cl. The molecule has 1 aliphatic rings. The van der Waals surface area contributed by atoms with E-state index in [2.05, 4.69) is 25.7 Å². The summed E-state index contributed by atoms with van der Waals surface area (Å²) in [5.74, 6) is -0.0741. The first-order valence-corrected chi connectivity index (χ1v) is 6.38. The summed E-state index contributed by atoms with van der Waals surface area (Å²) >= 11 is 0. The number of H-pyrrole nitrogens is 1. The predicted molar refractivity (Wildman–Crippen MR) is 84.0 cm³/mol. The lowest BCUT2D eigenvalue weighted by molar-refractivity contribution is 0.0946. The van der Waals surface area contributed by atoms with Crippen LogP contribution in [0.2, 0.25) is 0 Å². The molecule has 1 amide bonds. The molecule has 0 bridgehead atoms. The molecular weight excluding hydrogens is 301 g/mol. The molecule has 3 N–H and O–H groups in total. The summed E-state index contributed by atoms with van der Waals surface area (Å²) in [7, 11) is 4.05. The van der Waals surface area contributed by atoms with E-state index in [-0.39, 0.29) is 30.7 Å².